The molecule has 1 aromatic carbocycles. The van der Waals surface area contributed by atoms with E-state index in [1.807, 2.05) is 11.0 Å². The number of benzene rings is 1. The van der Waals surface area contributed by atoms with E-state index in [0.29, 0.717) is 12.6 Å². The Morgan fingerprint density at radius 3 is 2.59 bits per heavy atom. The largest absolute Gasteiger partial charge is 0.490 e. The van der Waals surface area contributed by atoms with Crippen molar-refractivity contribution in [1.29, 1.82) is 0 Å². The summed E-state index contributed by atoms with van der Waals surface area (Å²) in [6.45, 7) is 2.56. The fourth-order valence-electron chi connectivity index (χ4n) is 4.10. The minimum atomic E-state index is -5.08. The standard InChI is InChI=1S/C20H21N3OS.C2HF3O2/c24-20(19-8-7-18(25-19)16-6-3-10-21-16)23-11-9-14-13-4-1-2-5-15(13)22-17(14)12-23;3-2(4,5)1(6)7/h1-2,4-5,7-8,16,21-22H,3,6,9-12H2;(H,6,7). The summed E-state index contributed by atoms with van der Waals surface area (Å²) in [4.78, 5) is 29.5. The van der Waals surface area contributed by atoms with Gasteiger partial charge in [0.2, 0.25) is 0 Å². The summed E-state index contributed by atoms with van der Waals surface area (Å²) in [7, 11) is 0. The van der Waals surface area contributed by atoms with Crippen LogP contribution in [0.3, 0.4) is 0 Å². The van der Waals surface area contributed by atoms with Crippen molar-refractivity contribution in [1.82, 2.24) is 15.2 Å². The summed E-state index contributed by atoms with van der Waals surface area (Å²) in [5.74, 6) is -2.59. The lowest BCUT2D eigenvalue weighted by Crippen LogP contribution is -2.35. The Kier molecular flexibility index (Phi) is 6.25. The number of carboxylic acid groups (broad SMARTS) is 1. The number of alkyl halides is 3. The van der Waals surface area contributed by atoms with E-state index in [0.717, 1.165) is 24.4 Å². The number of thiophene rings is 1. The third-order valence-electron chi connectivity index (χ3n) is 5.65. The van der Waals surface area contributed by atoms with Crippen molar-refractivity contribution in [2.45, 2.75) is 38.0 Å². The molecule has 3 aromatic rings. The number of nitrogens with one attached hydrogen (secondary N) is 2. The molecule has 1 unspecified atom stereocenters. The van der Waals surface area contributed by atoms with E-state index in [-0.39, 0.29) is 5.91 Å². The molecule has 0 radical (unpaired) electrons. The molecular formula is C22H22F3N3O3S. The molecule has 1 atom stereocenters. The minimum Gasteiger partial charge on any atom is -0.475 e. The van der Waals surface area contributed by atoms with E-state index in [2.05, 4.69) is 40.6 Å². The smallest absolute Gasteiger partial charge is 0.475 e. The van der Waals surface area contributed by atoms with Crippen molar-refractivity contribution in [3.8, 4) is 0 Å². The van der Waals surface area contributed by atoms with Crippen LogP contribution >= 0.6 is 11.3 Å². The first-order valence-corrected chi connectivity index (χ1v) is 11.1. The highest BCUT2D eigenvalue weighted by Gasteiger charge is 2.38. The van der Waals surface area contributed by atoms with Crippen molar-refractivity contribution < 1.29 is 27.9 Å². The minimum absolute atomic E-state index is 0.165. The molecule has 0 bridgehead atoms. The van der Waals surface area contributed by atoms with E-state index in [4.69, 9.17) is 9.90 Å². The molecular weight excluding hydrogens is 443 g/mol. The van der Waals surface area contributed by atoms with Crippen molar-refractivity contribution in [3.05, 3.63) is 57.4 Å². The van der Waals surface area contributed by atoms with E-state index < -0.39 is 12.1 Å². The van der Waals surface area contributed by atoms with Crippen molar-refractivity contribution in [2.75, 3.05) is 13.1 Å². The van der Waals surface area contributed by atoms with Gasteiger partial charge in [-0.15, -0.1) is 11.3 Å². The van der Waals surface area contributed by atoms with Crippen LogP contribution in [-0.2, 0) is 17.8 Å². The van der Waals surface area contributed by atoms with E-state index >= 15 is 0 Å². The van der Waals surface area contributed by atoms with Crippen LogP contribution in [0, 0.1) is 0 Å². The number of para-hydroxylation sites is 1. The first-order valence-electron chi connectivity index (χ1n) is 10.2. The third-order valence-corrected chi connectivity index (χ3v) is 6.84. The number of carboxylic acids is 1. The average molecular weight is 465 g/mol. The van der Waals surface area contributed by atoms with Gasteiger partial charge < -0.3 is 20.3 Å². The molecule has 1 saturated heterocycles. The van der Waals surface area contributed by atoms with Crippen LogP contribution in [0.4, 0.5) is 13.2 Å². The quantitative estimate of drug-likeness (QED) is 0.521. The van der Waals surface area contributed by atoms with Crippen LogP contribution in [0.2, 0.25) is 0 Å². The molecule has 6 nitrogen and oxygen atoms in total. The maximum absolute atomic E-state index is 13.0. The second kappa shape index (κ2) is 8.95. The number of hydrogen-bond donors (Lipinski definition) is 3. The number of carbonyl (C=O) groups is 2. The molecule has 2 aromatic heterocycles. The van der Waals surface area contributed by atoms with Gasteiger partial charge in [0.05, 0.1) is 11.4 Å². The van der Waals surface area contributed by atoms with Crippen LogP contribution in [0.15, 0.2) is 36.4 Å². The number of aliphatic carboxylic acids is 1. The molecule has 170 valence electrons. The number of hydrogen-bond acceptors (Lipinski definition) is 4. The zero-order chi connectivity index (χ0) is 22.9. The predicted octanol–water partition coefficient (Wildman–Crippen LogP) is 4.49. The molecule has 3 N–H and O–H groups in total. The molecule has 5 rings (SSSR count). The van der Waals surface area contributed by atoms with Crippen molar-refractivity contribution in [2.24, 2.45) is 0 Å². The highest BCUT2D eigenvalue weighted by atomic mass is 32.1. The van der Waals surface area contributed by atoms with Gasteiger partial charge in [-0.2, -0.15) is 13.2 Å². The number of aromatic amines is 1. The molecule has 4 heterocycles. The Labute approximate surface area is 186 Å². The second-order valence-electron chi connectivity index (χ2n) is 7.76. The van der Waals surface area contributed by atoms with Gasteiger partial charge in [-0.05, 0) is 49.6 Å². The fraction of sp³-hybridized carbons (Fsp3) is 0.364. The molecule has 0 spiro atoms. The van der Waals surface area contributed by atoms with Crippen LogP contribution < -0.4 is 5.32 Å². The molecule has 0 aliphatic carbocycles. The highest BCUT2D eigenvalue weighted by Crippen LogP contribution is 2.32. The molecule has 32 heavy (non-hydrogen) atoms. The number of H-pyrrole nitrogens is 1. The van der Waals surface area contributed by atoms with Gasteiger partial charge >= 0.3 is 12.1 Å². The van der Waals surface area contributed by atoms with E-state index in [9.17, 15) is 18.0 Å². The molecule has 2 aliphatic rings. The Morgan fingerprint density at radius 1 is 1.16 bits per heavy atom. The van der Waals surface area contributed by atoms with E-state index in [1.165, 1.54) is 39.9 Å². The Bertz CT molecular complexity index is 1130. The van der Waals surface area contributed by atoms with Crippen LogP contribution in [0.25, 0.3) is 10.9 Å². The summed E-state index contributed by atoms with van der Waals surface area (Å²) in [6, 6.07) is 13.0. The van der Waals surface area contributed by atoms with Crippen molar-refractivity contribution >= 4 is 34.1 Å². The number of rotatable bonds is 2. The maximum atomic E-state index is 13.0. The predicted molar refractivity (Wildman–Crippen MR) is 115 cm³/mol. The molecule has 10 heteroatoms. The molecule has 1 amide bonds. The maximum Gasteiger partial charge on any atom is 0.490 e. The summed E-state index contributed by atoms with van der Waals surface area (Å²) in [6.07, 6.45) is -1.76. The van der Waals surface area contributed by atoms with Gasteiger partial charge in [-0.1, -0.05) is 18.2 Å². The number of amides is 1. The number of halogens is 3. The fourth-order valence-corrected chi connectivity index (χ4v) is 5.19. The Balaban J connectivity index is 0.000000307. The van der Waals surface area contributed by atoms with Gasteiger partial charge in [0, 0.05) is 34.1 Å². The Morgan fingerprint density at radius 2 is 1.91 bits per heavy atom. The zero-order valence-electron chi connectivity index (χ0n) is 17.0. The lowest BCUT2D eigenvalue weighted by Gasteiger charge is -2.26. The van der Waals surface area contributed by atoms with Gasteiger partial charge in [-0.25, -0.2) is 4.79 Å². The van der Waals surface area contributed by atoms with E-state index in [1.54, 1.807) is 11.3 Å². The van der Waals surface area contributed by atoms with Crippen LogP contribution in [0.5, 0.6) is 0 Å². The van der Waals surface area contributed by atoms with Gasteiger partial charge in [0.15, 0.2) is 0 Å². The SMILES string of the molecule is O=C(O)C(F)(F)F.O=C(c1ccc(C2CCCN2)s1)N1CCc2c([nH]c3ccccc23)C1. The first kappa shape index (κ1) is 22.3. The zero-order valence-corrected chi connectivity index (χ0v) is 17.9. The lowest BCUT2D eigenvalue weighted by molar-refractivity contribution is -0.192. The Hall–Kier alpha value is -2.85. The molecule has 2 aliphatic heterocycles. The van der Waals surface area contributed by atoms with Gasteiger partial charge in [0.1, 0.15) is 0 Å². The normalized spacial score (nSPS) is 18.2. The highest BCUT2D eigenvalue weighted by molar-refractivity contribution is 7.14. The van der Waals surface area contributed by atoms with Gasteiger partial charge in [-0.3, -0.25) is 4.79 Å². The summed E-state index contributed by atoms with van der Waals surface area (Å²) < 4.78 is 31.7. The third kappa shape index (κ3) is 4.66. The van der Waals surface area contributed by atoms with Gasteiger partial charge in [0.25, 0.3) is 5.91 Å². The second-order valence-corrected chi connectivity index (χ2v) is 8.87. The first-order chi connectivity index (χ1) is 15.2. The monoisotopic (exact) mass is 465 g/mol. The summed E-state index contributed by atoms with van der Waals surface area (Å²) in [5, 5.41) is 11.9. The lowest BCUT2D eigenvalue weighted by atomic mass is 10.0. The molecule has 0 saturated carbocycles. The number of nitrogens with zero attached hydrogens (tertiary/aromatic N) is 1. The number of fused-ring (bicyclic) bond motifs is 3. The van der Waals surface area contributed by atoms with Crippen LogP contribution in [0.1, 0.15) is 44.7 Å². The summed E-state index contributed by atoms with van der Waals surface area (Å²) >= 11 is 1.65. The average Bonchev–Trinajstić information content (AvgIpc) is 3.51. The topological polar surface area (TPSA) is 85.4 Å². The number of aromatic nitrogens is 1. The summed E-state index contributed by atoms with van der Waals surface area (Å²) in [5.41, 5.74) is 3.74. The molecule has 1 fully saturated rings. The number of carbonyl (C=O) groups excluding carboxylic acids is 1. The van der Waals surface area contributed by atoms with Crippen LogP contribution in [-0.4, -0.2) is 46.1 Å². The van der Waals surface area contributed by atoms with Crippen molar-refractivity contribution in [3.63, 3.8) is 0 Å².